The van der Waals surface area contributed by atoms with Gasteiger partial charge in [0.15, 0.2) is 5.78 Å². The van der Waals surface area contributed by atoms with Crippen LogP contribution in [0, 0.1) is 5.82 Å². The molecule has 0 aliphatic heterocycles. The van der Waals surface area contributed by atoms with Crippen molar-refractivity contribution in [3.63, 3.8) is 0 Å². The van der Waals surface area contributed by atoms with Gasteiger partial charge in [0, 0.05) is 12.1 Å². The van der Waals surface area contributed by atoms with Crippen LogP contribution in [0.25, 0.3) is 0 Å². The molecule has 1 aliphatic rings. The largest absolute Gasteiger partial charge is 0.497 e. The lowest BCUT2D eigenvalue weighted by Crippen LogP contribution is -2.31. The van der Waals surface area contributed by atoms with Crippen molar-refractivity contribution in [3.8, 4) is 5.75 Å². The Bertz CT molecular complexity index is 428. The predicted octanol–water partition coefficient (Wildman–Crippen LogP) is 2.55. The normalized spacial score (nSPS) is 15.9. The molecule has 98 valence electrons. The average Bonchev–Trinajstić information content (AvgIpc) is 2.88. The number of carbonyl (C=O) groups is 1. The van der Waals surface area contributed by atoms with Crippen LogP contribution in [0.5, 0.6) is 5.75 Å². The summed E-state index contributed by atoms with van der Waals surface area (Å²) in [5.74, 6) is -0.303. The summed E-state index contributed by atoms with van der Waals surface area (Å²) in [6, 6.07) is 4.73. The predicted molar refractivity (Wildman–Crippen MR) is 67.5 cm³/mol. The van der Waals surface area contributed by atoms with E-state index < -0.39 is 5.82 Å². The van der Waals surface area contributed by atoms with Gasteiger partial charge in [0.05, 0.1) is 19.2 Å². The maximum atomic E-state index is 13.7. The minimum Gasteiger partial charge on any atom is -0.497 e. The molecule has 0 unspecified atom stereocenters. The van der Waals surface area contributed by atoms with Gasteiger partial charge in [-0.3, -0.25) is 4.79 Å². The second kappa shape index (κ2) is 5.96. The van der Waals surface area contributed by atoms with E-state index in [1.54, 1.807) is 6.07 Å². The first kappa shape index (κ1) is 13.0. The van der Waals surface area contributed by atoms with Gasteiger partial charge in [-0.1, -0.05) is 12.8 Å². The zero-order chi connectivity index (χ0) is 13.0. The van der Waals surface area contributed by atoms with E-state index in [4.69, 9.17) is 4.74 Å². The molecule has 3 nitrogen and oxygen atoms in total. The molecule has 1 N–H and O–H groups in total. The highest BCUT2D eigenvalue weighted by molar-refractivity contribution is 5.98. The molecule has 0 radical (unpaired) electrons. The maximum absolute atomic E-state index is 13.7. The van der Waals surface area contributed by atoms with E-state index in [1.807, 2.05) is 0 Å². The molecule has 1 aliphatic carbocycles. The number of ketones is 1. The summed E-state index contributed by atoms with van der Waals surface area (Å²) in [4.78, 5) is 11.9. The first-order valence-corrected chi connectivity index (χ1v) is 6.31. The molecule has 0 saturated heterocycles. The lowest BCUT2D eigenvalue weighted by molar-refractivity contribution is 0.0983. The molecule has 1 aromatic carbocycles. The molecule has 1 saturated carbocycles. The number of hydrogen-bond acceptors (Lipinski definition) is 3. The summed E-state index contributed by atoms with van der Waals surface area (Å²) in [5, 5.41) is 3.19. The fraction of sp³-hybridized carbons (Fsp3) is 0.500. The molecule has 0 atom stereocenters. The van der Waals surface area contributed by atoms with Gasteiger partial charge < -0.3 is 10.1 Å². The summed E-state index contributed by atoms with van der Waals surface area (Å²) < 4.78 is 18.6. The number of rotatable bonds is 5. The molecule has 1 fully saturated rings. The molecule has 1 aromatic rings. The molecule has 0 bridgehead atoms. The van der Waals surface area contributed by atoms with Crippen LogP contribution < -0.4 is 10.1 Å². The molecular formula is C14H18FNO2. The number of methoxy groups -OCH3 is 1. The van der Waals surface area contributed by atoms with Crippen LogP contribution in [0.2, 0.25) is 0 Å². The van der Waals surface area contributed by atoms with E-state index in [0.717, 1.165) is 12.8 Å². The van der Waals surface area contributed by atoms with Crippen LogP contribution in [0.15, 0.2) is 18.2 Å². The van der Waals surface area contributed by atoms with Crippen molar-refractivity contribution >= 4 is 5.78 Å². The van der Waals surface area contributed by atoms with Crippen molar-refractivity contribution in [2.45, 2.75) is 31.7 Å². The molecule has 0 spiro atoms. The molecule has 2 rings (SSSR count). The molecule has 18 heavy (non-hydrogen) atoms. The monoisotopic (exact) mass is 251 g/mol. The van der Waals surface area contributed by atoms with Gasteiger partial charge in [0.2, 0.25) is 0 Å². The van der Waals surface area contributed by atoms with E-state index >= 15 is 0 Å². The highest BCUT2D eigenvalue weighted by atomic mass is 19.1. The first-order chi connectivity index (χ1) is 8.70. The lowest BCUT2D eigenvalue weighted by Gasteiger charge is -2.11. The number of ether oxygens (including phenoxy) is 1. The van der Waals surface area contributed by atoms with Crippen LogP contribution in [0.3, 0.4) is 0 Å². The van der Waals surface area contributed by atoms with Crippen LogP contribution in [-0.4, -0.2) is 25.5 Å². The fourth-order valence-electron chi connectivity index (χ4n) is 2.31. The molecule has 0 aromatic heterocycles. The first-order valence-electron chi connectivity index (χ1n) is 6.31. The number of nitrogens with one attached hydrogen (secondary N) is 1. The Hall–Kier alpha value is -1.42. The third-order valence-electron chi connectivity index (χ3n) is 3.38. The van der Waals surface area contributed by atoms with E-state index in [-0.39, 0.29) is 17.9 Å². The van der Waals surface area contributed by atoms with E-state index in [9.17, 15) is 9.18 Å². The Morgan fingerprint density at radius 2 is 2.17 bits per heavy atom. The van der Waals surface area contributed by atoms with Crippen molar-refractivity contribution in [1.29, 1.82) is 0 Å². The minimum atomic E-state index is -0.521. The molecular weight excluding hydrogens is 233 g/mol. The van der Waals surface area contributed by atoms with Crippen molar-refractivity contribution < 1.29 is 13.9 Å². The van der Waals surface area contributed by atoms with E-state index in [0.29, 0.717) is 11.8 Å². The maximum Gasteiger partial charge on any atom is 0.179 e. The SMILES string of the molecule is COc1ccc(C(=O)CNC2CCCC2)c(F)c1. The average molecular weight is 251 g/mol. The second-order valence-corrected chi connectivity index (χ2v) is 4.63. The Kier molecular flexibility index (Phi) is 4.31. The number of hydrogen-bond donors (Lipinski definition) is 1. The molecule has 4 heteroatoms. The summed E-state index contributed by atoms with van der Waals surface area (Å²) >= 11 is 0. The number of halogens is 1. The van der Waals surface area contributed by atoms with Crippen LogP contribution in [0.4, 0.5) is 4.39 Å². The quantitative estimate of drug-likeness (QED) is 0.817. The zero-order valence-corrected chi connectivity index (χ0v) is 10.5. The van der Waals surface area contributed by atoms with Crippen LogP contribution >= 0.6 is 0 Å². The third kappa shape index (κ3) is 3.07. The van der Waals surface area contributed by atoms with Gasteiger partial charge in [-0.05, 0) is 25.0 Å². The summed E-state index contributed by atoms with van der Waals surface area (Å²) in [5.41, 5.74) is 0.126. The van der Waals surface area contributed by atoms with Crippen molar-refractivity contribution in [1.82, 2.24) is 5.32 Å². The third-order valence-corrected chi connectivity index (χ3v) is 3.38. The number of Topliss-reactive ketones (excluding diaryl/α,β-unsaturated/α-hetero) is 1. The number of benzene rings is 1. The Labute approximate surface area is 106 Å². The summed E-state index contributed by atoms with van der Waals surface area (Å²) in [6.07, 6.45) is 4.64. The highest BCUT2D eigenvalue weighted by Crippen LogP contribution is 2.19. The smallest absolute Gasteiger partial charge is 0.179 e. The molecule has 0 amide bonds. The lowest BCUT2D eigenvalue weighted by atomic mass is 10.1. The summed E-state index contributed by atoms with van der Waals surface area (Å²) in [6.45, 7) is 0.202. The Morgan fingerprint density at radius 1 is 1.44 bits per heavy atom. The van der Waals surface area contributed by atoms with Crippen molar-refractivity contribution in [3.05, 3.63) is 29.6 Å². The topological polar surface area (TPSA) is 38.3 Å². The van der Waals surface area contributed by atoms with E-state index in [2.05, 4.69) is 5.32 Å². The van der Waals surface area contributed by atoms with Gasteiger partial charge in [-0.25, -0.2) is 4.39 Å². The molecule has 0 heterocycles. The Morgan fingerprint density at radius 3 is 2.78 bits per heavy atom. The van der Waals surface area contributed by atoms with Crippen LogP contribution in [0.1, 0.15) is 36.0 Å². The van der Waals surface area contributed by atoms with Gasteiger partial charge in [0.25, 0.3) is 0 Å². The minimum absolute atomic E-state index is 0.126. The van der Waals surface area contributed by atoms with Crippen molar-refractivity contribution in [2.75, 3.05) is 13.7 Å². The summed E-state index contributed by atoms with van der Waals surface area (Å²) in [7, 11) is 1.47. The van der Waals surface area contributed by atoms with Crippen molar-refractivity contribution in [2.24, 2.45) is 0 Å². The standard InChI is InChI=1S/C14H18FNO2/c1-18-11-6-7-12(13(15)8-11)14(17)9-16-10-4-2-3-5-10/h6-8,10,16H,2-5,9H2,1H3. The number of carbonyl (C=O) groups excluding carboxylic acids is 1. The van der Waals surface area contributed by atoms with E-state index in [1.165, 1.54) is 32.1 Å². The van der Waals surface area contributed by atoms with Gasteiger partial charge in [-0.15, -0.1) is 0 Å². The highest BCUT2D eigenvalue weighted by Gasteiger charge is 2.17. The fourth-order valence-corrected chi connectivity index (χ4v) is 2.31. The zero-order valence-electron chi connectivity index (χ0n) is 10.5. The van der Waals surface area contributed by atoms with Gasteiger partial charge >= 0.3 is 0 Å². The Balaban J connectivity index is 1.95. The van der Waals surface area contributed by atoms with Crippen LogP contribution in [-0.2, 0) is 0 Å². The van der Waals surface area contributed by atoms with Gasteiger partial charge in [-0.2, -0.15) is 0 Å². The second-order valence-electron chi connectivity index (χ2n) is 4.63. The van der Waals surface area contributed by atoms with Gasteiger partial charge in [0.1, 0.15) is 11.6 Å².